The van der Waals surface area contributed by atoms with Gasteiger partial charge in [0.1, 0.15) is 0 Å². The predicted molar refractivity (Wildman–Crippen MR) is 65.1 cm³/mol. The number of rotatable bonds is 4. The van der Waals surface area contributed by atoms with E-state index in [2.05, 4.69) is 16.3 Å². The van der Waals surface area contributed by atoms with Crippen LogP contribution in [-0.2, 0) is 0 Å². The highest BCUT2D eigenvalue weighted by Crippen LogP contribution is 2.36. The van der Waals surface area contributed by atoms with Gasteiger partial charge in [0.05, 0.1) is 6.07 Å². The Morgan fingerprint density at radius 1 is 1.19 bits per heavy atom. The van der Waals surface area contributed by atoms with Crippen LogP contribution in [0.4, 0.5) is 0 Å². The van der Waals surface area contributed by atoms with Crippen LogP contribution >= 0.6 is 0 Å². The molecule has 0 bridgehead atoms. The summed E-state index contributed by atoms with van der Waals surface area (Å²) in [5, 5.41) is 12.0. The van der Waals surface area contributed by atoms with E-state index >= 15 is 0 Å². The Morgan fingerprint density at radius 3 is 2.75 bits per heavy atom. The Labute approximate surface area is 98.8 Å². The van der Waals surface area contributed by atoms with Gasteiger partial charge in [0.2, 0.25) is 0 Å². The first-order valence-electron chi connectivity index (χ1n) is 6.70. The van der Waals surface area contributed by atoms with E-state index in [9.17, 15) is 0 Å². The van der Waals surface area contributed by atoms with Crippen LogP contribution in [-0.4, -0.2) is 36.6 Å². The summed E-state index contributed by atoms with van der Waals surface area (Å²) in [4.78, 5) is 2.71. The van der Waals surface area contributed by atoms with E-state index in [1.54, 1.807) is 0 Å². The van der Waals surface area contributed by atoms with Crippen LogP contribution in [0.1, 0.15) is 44.9 Å². The number of likely N-dealkylation sites (tertiary alicyclic amines) is 1. The van der Waals surface area contributed by atoms with Gasteiger partial charge in [0.25, 0.3) is 0 Å². The fourth-order valence-electron chi connectivity index (χ4n) is 3.31. The molecule has 2 heterocycles. The lowest BCUT2D eigenvalue weighted by atomic mass is 9.85. The zero-order chi connectivity index (χ0) is 11.3. The van der Waals surface area contributed by atoms with Crippen molar-refractivity contribution in [1.82, 2.24) is 10.2 Å². The van der Waals surface area contributed by atoms with Crippen LogP contribution in [0.3, 0.4) is 0 Å². The Bertz CT molecular complexity index is 250. The van der Waals surface area contributed by atoms with E-state index < -0.39 is 0 Å². The highest BCUT2D eigenvalue weighted by atomic mass is 15.2. The monoisotopic (exact) mass is 221 g/mol. The molecule has 0 aromatic heterocycles. The summed E-state index contributed by atoms with van der Waals surface area (Å²) in [7, 11) is 0. The molecule has 0 radical (unpaired) electrons. The van der Waals surface area contributed by atoms with Gasteiger partial charge < -0.3 is 5.32 Å². The molecule has 0 atom stereocenters. The third kappa shape index (κ3) is 2.56. The fraction of sp³-hybridized carbons (Fsp3) is 0.923. The fourth-order valence-corrected chi connectivity index (χ4v) is 3.31. The number of piperidine rings is 1. The number of hydrogen-bond donors (Lipinski definition) is 1. The molecule has 2 saturated heterocycles. The highest BCUT2D eigenvalue weighted by Gasteiger charge is 2.40. The Hall–Kier alpha value is -0.590. The molecular weight excluding hydrogens is 198 g/mol. The van der Waals surface area contributed by atoms with Crippen LogP contribution in [0.5, 0.6) is 0 Å². The molecule has 90 valence electrons. The SMILES string of the molecule is N#CCCCCN1CCCC12CCNCC2. The molecule has 3 heteroatoms. The molecule has 0 amide bonds. The topological polar surface area (TPSA) is 39.1 Å². The summed E-state index contributed by atoms with van der Waals surface area (Å²) in [5.74, 6) is 0. The maximum absolute atomic E-state index is 8.53. The number of nitrogens with zero attached hydrogens (tertiary/aromatic N) is 2. The zero-order valence-electron chi connectivity index (χ0n) is 10.2. The van der Waals surface area contributed by atoms with Gasteiger partial charge in [0.15, 0.2) is 0 Å². The average molecular weight is 221 g/mol. The quantitative estimate of drug-likeness (QED) is 0.737. The van der Waals surface area contributed by atoms with Crippen LogP contribution < -0.4 is 5.32 Å². The first-order valence-corrected chi connectivity index (χ1v) is 6.70. The van der Waals surface area contributed by atoms with E-state index in [-0.39, 0.29) is 0 Å². The lowest BCUT2D eigenvalue weighted by molar-refractivity contribution is 0.0983. The minimum absolute atomic E-state index is 0.526. The molecule has 0 saturated carbocycles. The number of nitrogens with one attached hydrogen (secondary N) is 1. The van der Waals surface area contributed by atoms with E-state index in [4.69, 9.17) is 5.26 Å². The molecule has 16 heavy (non-hydrogen) atoms. The first kappa shape index (κ1) is 11.9. The van der Waals surface area contributed by atoms with Crippen molar-refractivity contribution in [2.75, 3.05) is 26.2 Å². The van der Waals surface area contributed by atoms with Crippen molar-refractivity contribution in [3.8, 4) is 6.07 Å². The van der Waals surface area contributed by atoms with Gasteiger partial charge >= 0.3 is 0 Å². The van der Waals surface area contributed by atoms with Crippen LogP contribution in [0, 0.1) is 11.3 Å². The summed E-state index contributed by atoms with van der Waals surface area (Å²) in [5.41, 5.74) is 0.526. The molecule has 1 spiro atoms. The number of hydrogen-bond acceptors (Lipinski definition) is 3. The van der Waals surface area contributed by atoms with Gasteiger partial charge in [-0.1, -0.05) is 0 Å². The van der Waals surface area contributed by atoms with Gasteiger partial charge in [-0.3, -0.25) is 4.90 Å². The van der Waals surface area contributed by atoms with Crippen molar-refractivity contribution in [3.05, 3.63) is 0 Å². The lowest BCUT2D eigenvalue weighted by Gasteiger charge is -2.42. The minimum atomic E-state index is 0.526. The molecule has 2 aliphatic heterocycles. The maximum Gasteiger partial charge on any atom is 0.0621 e. The third-order valence-electron chi connectivity index (χ3n) is 4.24. The number of unbranched alkanes of at least 4 members (excludes halogenated alkanes) is 2. The predicted octanol–water partition coefficient (Wildman–Crippen LogP) is 1.90. The van der Waals surface area contributed by atoms with Crippen LogP contribution in [0.15, 0.2) is 0 Å². The zero-order valence-corrected chi connectivity index (χ0v) is 10.2. The van der Waals surface area contributed by atoms with Crippen LogP contribution in [0.2, 0.25) is 0 Å². The third-order valence-corrected chi connectivity index (χ3v) is 4.24. The van der Waals surface area contributed by atoms with Gasteiger partial charge in [0, 0.05) is 12.0 Å². The molecule has 2 fully saturated rings. The summed E-state index contributed by atoms with van der Waals surface area (Å²) in [6.45, 7) is 4.87. The Kier molecular flexibility index (Phi) is 4.20. The minimum Gasteiger partial charge on any atom is -0.317 e. The second-order valence-corrected chi connectivity index (χ2v) is 5.18. The maximum atomic E-state index is 8.53. The molecule has 2 aliphatic rings. The molecule has 2 rings (SSSR count). The number of nitriles is 1. The van der Waals surface area contributed by atoms with Crippen molar-refractivity contribution in [2.45, 2.75) is 50.5 Å². The van der Waals surface area contributed by atoms with E-state index in [0.717, 1.165) is 12.8 Å². The second kappa shape index (κ2) is 5.65. The molecular formula is C13H23N3. The summed E-state index contributed by atoms with van der Waals surface area (Å²) in [6, 6.07) is 2.24. The van der Waals surface area contributed by atoms with Crippen molar-refractivity contribution in [2.24, 2.45) is 0 Å². The summed E-state index contributed by atoms with van der Waals surface area (Å²) in [6.07, 6.45) is 8.41. The Morgan fingerprint density at radius 2 is 2.00 bits per heavy atom. The average Bonchev–Trinajstić information content (AvgIpc) is 2.69. The van der Waals surface area contributed by atoms with Crippen molar-refractivity contribution in [3.63, 3.8) is 0 Å². The van der Waals surface area contributed by atoms with Crippen molar-refractivity contribution in [1.29, 1.82) is 5.26 Å². The summed E-state index contributed by atoms with van der Waals surface area (Å²) >= 11 is 0. The van der Waals surface area contributed by atoms with E-state index in [0.29, 0.717) is 5.54 Å². The highest BCUT2D eigenvalue weighted by molar-refractivity contribution is 4.98. The normalized spacial score (nSPS) is 24.7. The molecule has 0 aliphatic carbocycles. The standard InChI is InChI=1S/C13H23N3/c14-8-2-1-3-11-16-12-4-5-13(16)6-9-15-10-7-13/h15H,1-7,9-12H2. The molecule has 0 aromatic carbocycles. The molecule has 0 aromatic rings. The van der Waals surface area contributed by atoms with E-state index in [1.165, 1.54) is 58.3 Å². The van der Waals surface area contributed by atoms with Gasteiger partial charge in [-0.2, -0.15) is 5.26 Å². The van der Waals surface area contributed by atoms with Crippen molar-refractivity contribution < 1.29 is 0 Å². The van der Waals surface area contributed by atoms with Crippen molar-refractivity contribution >= 4 is 0 Å². The Balaban J connectivity index is 1.81. The lowest BCUT2D eigenvalue weighted by Crippen LogP contribution is -2.51. The smallest absolute Gasteiger partial charge is 0.0621 e. The molecule has 3 nitrogen and oxygen atoms in total. The van der Waals surface area contributed by atoms with Gasteiger partial charge in [-0.15, -0.1) is 0 Å². The van der Waals surface area contributed by atoms with Gasteiger partial charge in [-0.05, 0) is 64.7 Å². The van der Waals surface area contributed by atoms with E-state index in [1.807, 2.05) is 0 Å². The molecule has 0 unspecified atom stereocenters. The van der Waals surface area contributed by atoms with Gasteiger partial charge in [-0.25, -0.2) is 0 Å². The molecule has 1 N–H and O–H groups in total. The summed E-state index contributed by atoms with van der Waals surface area (Å²) < 4.78 is 0. The first-order chi connectivity index (χ1) is 7.87. The second-order valence-electron chi connectivity index (χ2n) is 5.18. The largest absolute Gasteiger partial charge is 0.317 e. The van der Waals surface area contributed by atoms with Crippen LogP contribution in [0.25, 0.3) is 0 Å².